The lowest BCUT2D eigenvalue weighted by Gasteiger charge is -2.14. The molecule has 2 heterocycles. The van der Waals surface area contributed by atoms with Crippen LogP contribution in [0.25, 0.3) is 5.57 Å². The molecule has 1 unspecified atom stereocenters. The Labute approximate surface area is 101 Å². The molecule has 0 aliphatic carbocycles. The summed E-state index contributed by atoms with van der Waals surface area (Å²) in [6.45, 7) is 0.871. The van der Waals surface area contributed by atoms with E-state index in [0.717, 1.165) is 36.3 Å². The van der Waals surface area contributed by atoms with Gasteiger partial charge in [-0.15, -0.1) is 0 Å². The van der Waals surface area contributed by atoms with Gasteiger partial charge in [-0.2, -0.15) is 0 Å². The molecular weight excluding hydrogens is 214 g/mol. The lowest BCUT2D eigenvalue weighted by molar-refractivity contribution is -0.124. The summed E-state index contributed by atoms with van der Waals surface area (Å²) in [5.41, 5.74) is 1.66. The Morgan fingerprint density at radius 2 is 2.12 bits per heavy atom. The third-order valence-corrected chi connectivity index (χ3v) is 3.42. The Hall–Kier alpha value is -1.77. The van der Waals surface area contributed by atoms with Gasteiger partial charge in [-0.05, 0) is 36.6 Å². The Kier molecular flexibility index (Phi) is 2.39. The van der Waals surface area contributed by atoms with Crippen LogP contribution < -0.4 is 4.74 Å². The average molecular weight is 228 g/mol. The number of carbonyl (C=O) groups is 1. The number of methoxy groups -OCH3 is 1. The first-order valence-corrected chi connectivity index (χ1v) is 5.88. The van der Waals surface area contributed by atoms with Gasteiger partial charge in [0.15, 0.2) is 0 Å². The SMILES string of the molecule is COc1ccc(C2=[C]C3CCCN3C2=O)cc1. The van der Waals surface area contributed by atoms with Crippen molar-refractivity contribution in [3.05, 3.63) is 35.9 Å². The standard InChI is InChI=1S/C14H14NO2/c1-17-12-6-4-10(5-7-12)13-9-11-3-2-8-15(11)14(13)16/h4-7,11H,2-3,8H2,1H3. The third kappa shape index (κ3) is 1.62. The number of nitrogens with zero attached hydrogens (tertiary/aromatic N) is 1. The molecule has 0 spiro atoms. The minimum Gasteiger partial charge on any atom is -0.497 e. The highest BCUT2D eigenvalue weighted by Crippen LogP contribution is 2.32. The molecule has 1 fully saturated rings. The molecule has 1 atom stereocenters. The Morgan fingerprint density at radius 3 is 2.76 bits per heavy atom. The van der Waals surface area contributed by atoms with Crippen molar-refractivity contribution < 1.29 is 9.53 Å². The molecule has 1 aromatic rings. The topological polar surface area (TPSA) is 29.5 Å². The average Bonchev–Trinajstić information content (AvgIpc) is 2.93. The van der Waals surface area contributed by atoms with Crippen molar-refractivity contribution in [3.63, 3.8) is 0 Å². The van der Waals surface area contributed by atoms with Gasteiger partial charge in [0.25, 0.3) is 5.91 Å². The van der Waals surface area contributed by atoms with Gasteiger partial charge in [0.1, 0.15) is 5.75 Å². The van der Waals surface area contributed by atoms with Crippen molar-refractivity contribution >= 4 is 11.5 Å². The smallest absolute Gasteiger partial charge is 0.255 e. The third-order valence-electron chi connectivity index (χ3n) is 3.42. The number of ether oxygens (including phenoxy) is 1. The maximum absolute atomic E-state index is 12.1. The molecule has 2 aliphatic rings. The van der Waals surface area contributed by atoms with E-state index in [-0.39, 0.29) is 11.9 Å². The largest absolute Gasteiger partial charge is 0.497 e. The zero-order valence-electron chi connectivity index (χ0n) is 9.77. The molecule has 1 saturated heterocycles. The molecule has 1 radical (unpaired) electrons. The van der Waals surface area contributed by atoms with Crippen LogP contribution in [0.2, 0.25) is 0 Å². The van der Waals surface area contributed by atoms with E-state index in [9.17, 15) is 4.79 Å². The van der Waals surface area contributed by atoms with Gasteiger partial charge in [0.2, 0.25) is 0 Å². The van der Waals surface area contributed by atoms with Crippen LogP contribution >= 0.6 is 0 Å². The van der Waals surface area contributed by atoms with Crippen molar-refractivity contribution in [2.75, 3.05) is 13.7 Å². The molecule has 1 aromatic carbocycles. The molecule has 0 aromatic heterocycles. The van der Waals surface area contributed by atoms with Crippen molar-refractivity contribution in [2.45, 2.75) is 18.9 Å². The number of rotatable bonds is 2. The van der Waals surface area contributed by atoms with Crippen LogP contribution in [0.3, 0.4) is 0 Å². The van der Waals surface area contributed by atoms with Crippen LogP contribution in [-0.2, 0) is 4.79 Å². The summed E-state index contributed by atoms with van der Waals surface area (Å²) in [7, 11) is 1.64. The number of hydrogen-bond acceptors (Lipinski definition) is 2. The van der Waals surface area contributed by atoms with Crippen LogP contribution in [0, 0.1) is 6.08 Å². The summed E-state index contributed by atoms with van der Waals surface area (Å²) in [6.07, 6.45) is 5.45. The Bertz CT molecular complexity index is 476. The lowest BCUT2D eigenvalue weighted by atomic mass is 10.0. The van der Waals surface area contributed by atoms with E-state index in [1.54, 1.807) is 7.11 Å². The predicted octanol–water partition coefficient (Wildman–Crippen LogP) is 1.89. The van der Waals surface area contributed by atoms with Crippen LogP contribution in [0.4, 0.5) is 0 Å². The first kappa shape index (κ1) is 10.4. The van der Waals surface area contributed by atoms with Gasteiger partial charge in [0.05, 0.1) is 18.7 Å². The minimum absolute atomic E-state index is 0.123. The van der Waals surface area contributed by atoms with E-state index in [0.29, 0.717) is 0 Å². The first-order chi connectivity index (χ1) is 8.29. The molecule has 0 saturated carbocycles. The Morgan fingerprint density at radius 1 is 1.35 bits per heavy atom. The molecular formula is C14H14NO2. The summed E-state index contributed by atoms with van der Waals surface area (Å²) in [5, 5.41) is 0. The van der Waals surface area contributed by atoms with E-state index in [1.807, 2.05) is 29.2 Å². The van der Waals surface area contributed by atoms with Crippen molar-refractivity contribution in [1.82, 2.24) is 4.90 Å². The number of benzene rings is 1. The summed E-state index contributed by atoms with van der Waals surface area (Å²) in [6, 6.07) is 7.80. The summed E-state index contributed by atoms with van der Waals surface area (Å²) >= 11 is 0. The predicted molar refractivity (Wildman–Crippen MR) is 64.4 cm³/mol. The second-order valence-corrected chi connectivity index (χ2v) is 4.40. The van der Waals surface area contributed by atoms with E-state index in [1.165, 1.54) is 0 Å². The van der Waals surface area contributed by atoms with Crippen LogP contribution in [0.15, 0.2) is 24.3 Å². The Balaban J connectivity index is 1.91. The number of amides is 1. The van der Waals surface area contributed by atoms with Crippen LogP contribution in [-0.4, -0.2) is 30.5 Å². The molecule has 17 heavy (non-hydrogen) atoms. The molecule has 87 valence electrons. The normalized spacial score (nSPS) is 22.6. The maximum atomic E-state index is 12.1. The quantitative estimate of drug-likeness (QED) is 0.773. The molecule has 2 aliphatic heterocycles. The first-order valence-electron chi connectivity index (χ1n) is 5.88. The second-order valence-electron chi connectivity index (χ2n) is 4.40. The van der Waals surface area contributed by atoms with Gasteiger partial charge >= 0.3 is 0 Å². The van der Waals surface area contributed by atoms with Gasteiger partial charge in [0, 0.05) is 6.54 Å². The fourth-order valence-corrected chi connectivity index (χ4v) is 2.50. The fourth-order valence-electron chi connectivity index (χ4n) is 2.50. The summed E-state index contributed by atoms with van der Waals surface area (Å²) in [5.74, 6) is 0.929. The van der Waals surface area contributed by atoms with Gasteiger partial charge < -0.3 is 9.64 Å². The van der Waals surface area contributed by atoms with Crippen LogP contribution in [0.1, 0.15) is 18.4 Å². The molecule has 3 rings (SSSR count). The molecule has 0 N–H and O–H groups in total. The second kappa shape index (κ2) is 3.91. The highest BCUT2D eigenvalue weighted by atomic mass is 16.5. The van der Waals surface area contributed by atoms with Gasteiger partial charge in [-0.25, -0.2) is 0 Å². The van der Waals surface area contributed by atoms with E-state index < -0.39 is 0 Å². The van der Waals surface area contributed by atoms with Gasteiger partial charge in [-0.3, -0.25) is 4.79 Å². The van der Waals surface area contributed by atoms with Crippen molar-refractivity contribution in [3.8, 4) is 5.75 Å². The van der Waals surface area contributed by atoms with E-state index in [2.05, 4.69) is 6.08 Å². The van der Waals surface area contributed by atoms with Crippen molar-refractivity contribution in [2.24, 2.45) is 0 Å². The zero-order chi connectivity index (χ0) is 11.8. The number of carbonyl (C=O) groups excluding carboxylic acids is 1. The molecule has 3 nitrogen and oxygen atoms in total. The van der Waals surface area contributed by atoms with E-state index >= 15 is 0 Å². The highest BCUT2D eigenvalue weighted by molar-refractivity contribution is 6.20. The lowest BCUT2D eigenvalue weighted by Crippen LogP contribution is -2.28. The fraction of sp³-hybridized carbons (Fsp3) is 0.357. The van der Waals surface area contributed by atoms with Crippen LogP contribution in [0.5, 0.6) is 5.75 Å². The minimum atomic E-state index is 0.123. The zero-order valence-corrected chi connectivity index (χ0v) is 9.77. The molecule has 0 bridgehead atoms. The summed E-state index contributed by atoms with van der Waals surface area (Å²) < 4.78 is 5.11. The molecule has 3 heteroatoms. The monoisotopic (exact) mass is 228 g/mol. The maximum Gasteiger partial charge on any atom is 0.255 e. The highest BCUT2D eigenvalue weighted by Gasteiger charge is 2.36. The van der Waals surface area contributed by atoms with Gasteiger partial charge in [-0.1, -0.05) is 12.1 Å². The summed E-state index contributed by atoms with van der Waals surface area (Å²) in [4.78, 5) is 14.1. The number of fused-ring (bicyclic) bond motifs is 1. The van der Waals surface area contributed by atoms with Crippen molar-refractivity contribution in [1.29, 1.82) is 0 Å². The number of hydrogen-bond donors (Lipinski definition) is 0. The van der Waals surface area contributed by atoms with E-state index in [4.69, 9.17) is 4.74 Å². The molecule has 1 amide bonds.